The molecular weight excluding hydrogens is 401 g/mol. The van der Waals surface area contributed by atoms with Gasteiger partial charge in [-0.05, 0) is 57.8 Å². The van der Waals surface area contributed by atoms with Crippen LogP contribution in [0.1, 0.15) is 20.3 Å². The van der Waals surface area contributed by atoms with Gasteiger partial charge in [0.1, 0.15) is 0 Å². The van der Waals surface area contributed by atoms with Crippen LogP contribution in [-0.4, -0.2) is 17.0 Å². The second-order valence-electron chi connectivity index (χ2n) is 4.66. The van der Waals surface area contributed by atoms with Crippen molar-refractivity contribution in [2.24, 2.45) is 5.41 Å². The van der Waals surface area contributed by atoms with Crippen LogP contribution in [0, 0.1) is 5.41 Å². The van der Waals surface area contributed by atoms with E-state index in [9.17, 15) is 9.59 Å². The average Bonchev–Trinajstić information content (AvgIpc) is 2.22. The third kappa shape index (κ3) is 4.47. The number of carbonyl (C=O) groups excluding carboxylic acids is 1. The molecule has 0 aromatic heterocycles. The van der Waals surface area contributed by atoms with Gasteiger partial charge in [-0.3, -0.25) is 9.59 Å². The summed E-state index contributed by atoms with van der Waals surface area (Å²) >= 11 is 12.4. The topological polar surface area (TPSA) is 66.4 Å². The minimum atomic E-state index is -1.12. The van der Waals surface area contributed by atoms with Crippen LogP contribution in [0.5, 0.6) is 0 Å². The largest absolute Gasteiger partial charge is 0.481 e. The van der Waals surface area contributed by atoms with Crippen molar-refractivity contribution in [3.8, 4) is 0 Å². The molecule has 19 heavy (non-hydrogen) atoms. The first-order valence-electron chi connectivity index (χ1n) is 5.31. The summed E-state index contributed by atoms with van der Waals surface area (Å²) in [6.07, 6.45) is -0.121. The van der Waals surface area contributed by atoms with Crippen molar-refractivity contribution >= 4 is 61.0 Å². The highest BCUT2D eigenvalue weighted by atomic mass is 79.9. The molecule has 0 atom stereocenters. The molecule has 104 valence electrons. The number of nitrogens with one attached hydrogen (secondary N) is 1. The van der Waals surface area contributed by atoms with Gasteiger partial charge in [-0.25, -0.2) is 0 Å². The van der Waals surface area contributed by atoms with Crippen LogP contribution >= 0.6 is 43.5 Å². The molecule has 0 unspecified atom stereocenters. The van der Waals surface area contributed by atoms with Crippen LogP contribution in [0.25, 0.3) is 0 Å². The maximum Gasteiger partial charge on any atom is 0.309 e. The van der Waals surface area contributed by atoms with Gasteiger partial charge in [0.25, 0.3) is 0 Å². The van der Waals surface area contributed by atoms with Crippen molar-refractivity contribution in [1.29, 1.82) is 0 Å². The van der Waals surface area contributed by atoms with E-state index in [1.807, 2.05) is 0 Å². The Morgan fingerprint density at radius 1 is 1.32 bits per heavy atom. The van der Waals surface area contributed by atoms with E-state index in [4.69, 9.17) is 16.7 Å². The fourth-order valence-electron chi connectivity index (χ4n) is 1.32. The van der Waals surface area contributed by atoms with Crippen molar-refractivity contribution < 1.29 is 14.7 Å². The fraction of sp³-hybridized carbons (Fsp3) is 0.333. The number of hydrogen-bond donors (Lipinski definition) is 2. The third-order valence-corrected chi connectivity index (χ3v) is 3.92. The van der Waals surface area contributed by atoms with E-state index in [1.54, 1.807) is 12.1 Å². The number of anilines is 1. The second kappa shape index (κ2) is 6.24. The maximum atomic E-state index is 11.9. The zero-order valence-electron chi connectivity index (χ0n) is 10.3. The molecule has 0 saturated heterocycles. The molecule has 4 nitrogen and oxygen atoms in total. The number of amides is 1. The summed E-state index contributed by atoms with van der Waals surface area (Å²) in [6, 6.07) is 3.29. The van der Waals surface area contributed by atoms with Crippen molar-refractivity contribution in [2.75, 3.05) is 5.32 Å². The van der Waals surface area contributed by atoms with E-state index >= 15 is 0 Å². The molecule has 1 rings (SSSR count). The Labute approximate surface area is 132 Å². The Kier molecular flexibility index (Phi) is 5.41. The quantitative estimate of drug-likeness (QED) is 0.773. The molecule has 0 heterocycles. The van der Waals surface area contributed by atoms with Crippen LogP contribution in [0.3, 0.4) is 0 Å². The van der Waals surface area contributed by atoms with Gasteiger partial charge in [0.15, 0.2) is 0 Å². The molecule has 0 aliphatic heterocycles. The molecule has 0 radical (unpaired) electrons. The van der Waals surface area contributed by atoms with E-state index < -0.39 is 11.4 Å². The Balaban J connectivity index is 2.87. The van der Waals surface area contributed by atoms with Gasteiger partial charge < -0.3 is 10.4 Å². The molecule has 1 aromatic rings. The highest BCUT2D eigenvalue weighted by Crippen LogP contribution is 2.34. The molecule has 0 aliphatic carbocycles. The van der Waals surface area contributed by atoms with Gasteiger partial charge in [-0.15, -0.1) is 0 Å². The summed E-state index contributed by atoms with van der Waals surface area (Å²) in [5, 5.41) is 12.2. The average molecular weight is 413 g/mol. The molecule has 0 saturated carbocycles. The highest BCUT2D eigenvalue weighted by Gasteiger charge is 2.30. The molecule has 7 heteroatoms. The number of carbonyl (C=O) groups is 2. The standard InChI is InChI=1S/C12H12Br2ClNO3/c1-12(2,11(18)19)5-9(17)16-10-7(13)3-6(15)4-8(10)14/h3-4H,5H2,1-2H3,(H,16,17)(H,18,19). The summed E-state index contributed by atoms with van der Waals surface area (Å²) < 4.78 is 1.24. The summed E-state index contributed by atoms with van der Waals surface area (Å²) in [5.41, 5.74) is -0.592. The fourth-order valence-corrected chi connectivity index (χ4v) is 3.19. The first kappa shape index (κ1) is 16.5. The molecule has 0 fully saturated rings. The number of carboxylic acids is 1. The lowest BCUT2D eigenvalue weighted by Crippen LogP contribution is -2.29. The first-order valence-corrected chi connectivity index (χ1v) is 7.27. The van der Waals surface area contributed by atoms with Crippen molar-refractivity contribution in [3.05, 3.63) is 26.1 Å². The highest BCUT2D eigenvalue weighted by molar-refractivity contribution is 9.11. The lowest BCUT2D eigenvalue weighted by molar-refractivity contribution is -0.148. The lowest BCUT2D eigenvalue weighted by Gasteiger charge is -2.19. The molecule has 1 amide bonds. The van der Waals surface area contributed by atoms with Crippen molar-refractivity contribution in [1.82, 2.24) is 0 Å². The second-order valence-corrected chi connectivity index (χ2v) is 6.80. The monoisotopic (exact) mass is 411 g/mol. The first-order chi connectivity index (χ1) is 8.63. The van der Waals surface area contributed by atoms with Gasteiger partial charge in [0.2, 0.25) is 5.91 Å². The number of rotatable bonds is 4. The van der Waals surface area contributed by atoms with Crippen LogP contribution in [0.15, 0.2) is 21.1 Å². The predicted molar refractivity (Wildman–Crippen MR) is 81.5 cm³/mol. The van der Waals surface area contributed by atoms with Gasteiger partial charge in [0.05, 0.1) is 11.1 Å². The number of carboxylic acid groups (broad SMARTS) is 1. The molecule has 0 bridgehead atoms. The molecule has 1 aromatic carbocycles. The van der Waals surface area contributed by atoms with Gasteiger partial charge >= 0.3 is 5.97 Å². The molecule has 2 N–H and O–H groups in total. The zero-order chi connectivity index (χ0) is 14.8. The summed E-state index contributed by atoms with van der Waals surface area (Å²) in [4.78, 5) is 22.8. The lowest BCUT2D eigenvalue weighted by atomic mass is 9.89. The van der Waals surface area contributed by atoms with Gasteiger partial charge in [-0.2, -0.15) is 0 Å². The smallest absolute Gasteiger partial charge is 0.309 e. The molecule has 0 aliphatic rings. The molecular formula is C12H12Br2ClNO3. The Morgan fingerprint density at radius 3 is 2.21 bits per heavy atom. The Morgan fingerprint density at radius 2 is 1.79 bits per heavy atom. The third-order valence-electron chi connectivity index (χ3n) is 2.45. The predicted octanol–water partition coefficient (Wildman–Crippen LogP) is 4.30. The zero-order valence-corrected chi connectivity index (χ0v) is 14.2. The number of halogens is 3. The number of aliphatic carboxylic acids is 1. The SMILES string of the molecule is CC(C)(CC(=O)Nc1c(Br)cc(Cl)cc1Br)C(=O)O. The maximum absolute atomic E-state index is 11.9. The Hall–Kier alpha value is -0.590. The summed E-state index contributed by atoms with van der Waals surface area (Å²) in [5.74, 6) is -1.40. The van der Waals surface area contributed by atoms with Crippen LogP contribution in [0.4, 0.5) is 5.69 Å². The number of benzene rings is 1. The Bertz CT molecular complexity index is 509. The minimum Gasteiger partial charge on any atom is -0.481 e. The van der Waals surface area contributed by atoms with Crippen LogP contribution in [0.2, 0.25) is 5.02 Å². The molecule has 0 spiro atoms. The van der Waals surface area contributed by atoms with E-state index in [0.717, 1.165) is 0 Å². The van der Waals surface area contributed by atoms with Crippen LogP contribution < -0.4 is 5.32 Å². The van der Waals surface area contributed by atoms with Gasteiger partial charge in [-0.1, -0.05) is 11.6 Å². The summed E-state index contributed by atoms with van der Waals surface area (Å²) in [6.45, 7) is 3.00. The van der Waals surface area contributed by atoms with Crippen molar-refractivity contribution in [2.45, 2.75) is 20.3 Å². The number of hydrogen-bond acceptors (Lipinski definition) is 2. The summed E-state index contributed by atoms with van der Waals surface area (Å²) in [7, 11) is 0. The van der Waals surface area contributed by atoms with E-state index in [-0.39, 0.29) is 12.3 Å². The van der Waals surface area contributed by atoms with E-state index in [1.165, 1.54) is 13.8 Å². The minimum absolute atomic E-state index is 0.121. The van der Waals surface area contributed by atoms with E-state index in [0.29, 0.717) is 19.7 Å². The van der Waals surface area contributed by atoms with E-state index in [2.05, 4.69) is 37.2 Å². The normalized spacial score (nSPS) is 11.2. The van der Waals surface area contributed by atoms with Crippen LogP contribution in [-0.2, 0) is 9.59 Å². The van der Waals surface area contributed by atoms with Crippen molar-refractivity contribution in [3.63, 3.8) is 0 Å². The van der Waals surface area contributed by atoms with Gasteiger partial charge in [0, 0.05) is 20.4 Å².